The summed E-state index contributed by atoms with van der Waals surface area (Å²) in [6.45, 7) is 2.18. The Balaban J connectivity index is 1.99. The number of benzene rings is 1. The van der Waals surface area contributed by atoms with Gasteiger partial charge < -0.3 is 19.6 Å². The number of carbonyl (C=O) groups excluding carboxylic acids is 1. The van der Waals surface area contributed by atoms with Crippen LogP contribution < -0.4 is 10.5 Å². The lowest BCUT2D eigenvalue weighted by molar-refractivity contribution is 0.0486. The van der Waals surface area contributed by atoms with E-state index in [4.69, 9.17) is 31.2 Å². The third-order valence-electron chi connectivity index (χ3n) is 2.46. The largest absolute Gasteiger partial charge is 0.484 e. The maximum Gasteiger partial charge on any atom is 0.374 e. The van der Waals surface area contributed by atoms with Gasteiger partial charge >= 0.3 is 5.97 Å². The van der Waals surface area contributed by atoms with Gasteiger partial charge in [0, 0.05) is 5.69 Å². The molecule has 1 aromatic heterocycles. The normalized spacial score (nSPS) is 10.3. The van der Waals surface area contributed by atoms with Crippen molar-refractivity contribution in [3.05, 3.63) is 46.9 Å². The quantitative estimate of drug-likeness (QED) is 0.677. The maximum absolute atomic E-state index is 11.4. The molecule has 0 bridgehead atoms. The van der Waals surface area contributed by atoms with E-state index < -0.39 is 5.97 Å². The molecule has 0 fully saturated rings. The zero-order valence-corrected chi connectivity index (χ0v) is 11.6. The van der Waals surface area contributed by atoms with Crippen molar-refractivity contribution >= 4 is 23.3 Å². The van der Waals surface area contributed by atoms with Gasteiger partial charge in [0.15, 0.2) is 0 Å². The van der Waals surface area contributed by atoms with Crippen LogP contribution in [0.4, 0.5) is 5.69 Å². The Morgan fingerprint density at radius 2 is 2.15 bits per heavy atom. The number of hydrogen-bond donors (Lipinski definition) is 1. The Bertz CT molecular complexity index is 609. The summed E-state index contributed by atoms with van der Waals surface area (Å²) >= 11 is 5.98. The van der Waals surface area contributed by atoms with E-state index in [0.29, 0.717) is 28.8 Å². The van der Waals surface area contributed by atoms with Gasteiger partial charge in [0.1, 0.15) is 18.1 Å². The predicted molar refractivity (Wildman–Crippen MR) is 74.9 cm³/mol. The van der Waals surface area contributed by atoms with E-state index in [0.717, 1.165) is 0 Å². The molecule has 0 aliphatic heterocycles. The minimum absolute atomic E-state index is 0.147. The number of hydrogen-bond acceptors (Lipinski definition) is 5. The second-order valence-electron chi connectivity index (χ2n) is 3.96. The summed E-state index contributed by atoms with van der Waals surface area (Å²) in [5.74, 6) is 0.647. The van der Waals surface area contributed by atoms with E-state index in [1.807, 2.05) is 0 Å². The summed E-state index contributed by atoms with van der Waals surface area (Å²) in [5.41, 5.74) is 6.15. The van der Waals surface area contributed by atoms with E-state index >= 15 is 0 Å². The topological polar surface area (TPSA) is 74.7 Å². The van der Waals surface area contributed by atoms with Gasteiger partial charge in [-0.3, -0.25) is 0 Å². The van der Waals surface area contributed by atoms with Crippen LogP contribution in [0.25, 0.3) is 0 Å². The monoisotopic (exact) mass is 295 g/mol. The van der Waals surface area contributed by atoms with Crippen LogP contribution in [0.3, 0.4) is 0 Å². The molecule has 2 N–H and O–H groups in total. The van der Waals surface area contributed by atoms with Crippen LogP contribution in [0.15, 0.2) is 34.7 Å². The van der Waals surface area contributed by atoms with E-state index in [1.165, 1.54) is 0 Å². The van der Waals surface area contributed by atoms with Gasteiger partial charge in [-0.15, -0.1) is 0 Å². The minimum Gasteiger partial charge on any atom is -0.484 e. The smallest absolute Gasteiger partial charge is 0.374 e. The van der Waals surface area contributed by atoms with E-state index in [1.54, 1.807) is 37.3 Å². The molecule has 0 aliphatic carbocycles. The van der Waals surface area contributed by atoms with Crippen molar-refractivity contribution in [2.45, 2.75) is 13.5 Å². The highest BCUT2D eigenvalue weighted by Gasteiger charge is 2.12. The van der Waals surface area contributed by atoms with Gasteiger partial charge in [-0.25, -0.2) is 4.79 Å². The first-order valence-electron chi connectivity index (χ1n) is 6.04. The summed E-state index contributed by atoms with van der Waals surface area (Å²) in [6, 6.07) is 8.15. The molecule has 0 atom stereocenters. The van der Waals surface area contributed by atoms with E-state index in [-0.39, 0.29) is 12.4 Å². The highest BCUT2D eigenvalue weighted by molar-refractivity contribution is 6.32. The molecule has 0 amide bonds. The number of anilines is 1. The van der Waals surface area contributed by atoms with Crippen molar-refractivity contribution in [3.8, 4) is 5.75 Å². The van der Waals surface area contributed by atoms with Crippen molar-refractivity contribution in [2.24, 2.45) is 0 Å². The Morgan fingerprint density at radius 3 is 2.85 bits per heavy atom. The number of carbonyl (C=O) groups is 1. The lowest BCUT2D eigenvalue weighted by Crippen LogP contribution is -2.02. The van der Waals surface area contributed by atoms with Gasteiger partial charge in [-0.05, 0) is 37.3 Å². The Labute approximate surface area is 121 Å². The molecular formula is C14H14ClNO4. The molecular weight excluding hydrogens is 282 g/mol. The average Bonchev–Trinajstić information content (AvgIpc) is 2.87. The summed E-state index contributed by atoms with van der Waals surface area (Å²) in [5, 5.41) is 0.419. The van der Waals surface area contributed by atoms with Crippen LogP contribution in [0, 0.1) is 0 Å². The van der Waals surface area contributed by atoms with Gasteiger partial charge in [0.25, 0.3) is 0 Å². The number of rotatable bonds is 5. The number of furan rings is 1. The van der Waals surface area contributed by atoms with Crippen LogP contribution in [0.1, 0.15) is 23.2 Å². The molecule has 0 saturated carbocycles. The third kappa shape index (κ3) is 3.45. The molecule has 6 heteroatoms. The molecule has 0 unspecified atom stereocenters. The fourth-order valence-corrected chi connectivity index (χ4v) is 1.79. The van der Waals surface area contributed by atoms with E-state index in [9.17, 15) is 4.79 Å². The predicted octanol–water partition coefficient (Wildman–Crippen LogP) is 3.27. The van der Waals surface area contributed by atoms with Gasteiger partial charge in [0.2, 0.25) is 5.76 Å². The molecule has 0 saturated heterocycles. The van der Waals surface area contributed by atoms with Crippen molar-refractivity contribution < 1.29 is 18.7 Å². The second-order valence-corrected chi connectivity index (χ2v) is 4.37. The molecule has 106 valence electrons. The minimum atomic E-state index is -0.496. The Morgan fingerprint density at radius 1 is 1.35 bits per heavy atom. The molecule has 5 nitrogen and oxygen atoms in total. The van der Waals surface area contributed by atoms with Crippen LogP contribution in [0.5, 0.6) is 5.75 Å². The average molecular weight is 296 g/mol. The van der Waals surface area contributed by atoms with Crippen LogP contribution in [-0.2, 0) is 11.3 Å². The van der Waals surface area contributed by atoms with Gasteiger partial charge in [-0.1, -0.05) is 11.6 Å². The Hall–Kier alpha value is -2.14. The number of nitrogen functional groups attached to an aromatic ring is 1. The van der Waals surface area contributed by atoms with E-state index in [2.05, 4.69) is 0 Å². The summed E-state index contributed by atoms with van der Waals surface area (Å²) in [4.78, 5) is 11.4. The maximum atomic E-state index is 11.4. The van der Waals surface area contributed by atoms with Crippen molar-refractivity contribution in [1.82, 2.24) is 0 Å². The highest BCUT2D eigenvalue weighted by Crippen LogP contribution is 2.27. The molecule has 2 rings (SSSR count). The molecule has 2 aromatic rings. The standard InChI is InChI=1S/C14H14ClNO4/c1-2-18-14(17)13-6-4-10(20-13)8-19-12-5-3-9(16)7-11(12)15/h3-7H,2,8,16H2,1H3. The van der Waals surface area contributed by atoms with Crippen molar-refractivity contribution in [1.29, 1.82) is 0 Å². The summed E-state index contributed by atoms with van der Waals surface area (Å²) < 4.78 is 15.6. The van der Waals surface area contributed by atoms with Crippen molar-refractivity contribution in [3.63, 3.8) is 0 Å². The molecule has 1 heterocycles. The van der Waals surface area contributed by atoms with Crippen LogP contribution in [-0.4, -0.2) is 12.6 Å². The highest BCUT2D eigenvalue weighted by atomic mass is 35.5. The number of ether oxygens (including phenoxy) is 2. The SMILES string of the molecule is CCOC(=O)c1ccc(COc2ccc(N)cc2Cl)o1. The molecule has 0 spiro atoms. The number of halogens is 1. The molecule has 0 radical (unpaired) electrons. The van der Waals surface area contributed by atoms with Crippen molar-refractivity contribution in [2.75, 3.05) is 12.3 Å². The van der Waals surface area contributed by atoms with Crippen LogP contribution >= 0.6 is 11.6 Å². The zero-order chi connectivity index (χ0) is 14.5. The summed E-state index contributed by atoms with van der Waals surface area (Å²) in [6.07, 6.45) is 0. The molecule has 20 heavy (non-hydrogen) atoms. The third-order valence-corrected chi connectivity index (χ3v) is 2.76. The van der Waals surface area contributed by atoms with Gasteiger partial charge in [-0.2, -0.15) is 0 Å². The van der Waals surface area contributed by atoms with Gasteiger partial charge in [0.05, 0.1) is 11.6 Å². The number of nitrogens with two attached hydrogens (primary N) is 1. The lowest BCUT2D eigenvalue weighted by atomic mass is 10.3. The Kier molecular flexibility index (Phi) is 4.53. The van der Waals surface area contributed by atoms with Crippen LogP contribution in [0.2, 0.25) is 5.02 Å². The fourth-order valence-electron chi connectivity index (χ4n) is 1.55. The fraction of sp³-hybridized carbons (Fsp3) is 0.214. The first kappa shape index (κ1) is 14.3. The molecule has 0 aliphatic rings. The lowest BCUT2D eigenvalue weighted by Gasteiger charge is -2.06. The molecule has 1 aromatic carbocycles. The first-order chi connectivity index (χ1) is 9.60. The first-order valence-corrected chi connectivity index (χ1v) is 6.41. The summed E-state index contributed by atoms with van der Waals surface area (Å²) in [7, 11) is 0. The number of esters is 1. The second kappa shape index (κ2) is 6.34. The zero-order valence-electron chi connectivity index (χ0n) is 10.9.